The van der Waals surface area contributed by atoms with Gasteiger partial charge in [-0.2, -0.15) is 11.8 Å². The minimum atomic E-state index is -1.07. The van der Waals surface area contributed by atoms with Crippen molar-refractivity contribution >= 4 is 23.6 Å². The first-order valence-corrected chi connectivity index (χ1v) is 7.54. The molecular weight excluding hydrogens is 250 g/mol. The number of amides is 1. The number of carbonyl (C=O) groups excluding carboxylic acids is 1. The van der Waals surface area contributed by atoms with Crippen LogP contribution in [-0.4, -0.2) is 45.5 Å². The Morgan fingerprint density at radius 2 is 2.00 bits per heavy atom. The van der Waals surface area contributed by atoms with Crippen molar-refractivity contribution in [3.63, 3.8) is 0 Å². The van der Waals surface area contributed by atoms with Crippen LogP contribution in [0.4, 0.5) is 0 Å². The number of aliphatic carboxylic acids is 1. The molecule has 0 aromatic carbocycles. The van der Waals surface area contributed by atoms with Gasteiger partial charge in [0.15, 0.2) is 5.54 Å². The molecule has 0 radical (unpaired) electrons. The molecule has 18 heavy (non-hydrogen) atoms. The van der Waals surface area contributed by atoms with Gasteiger partial charge in [0.25, 0.3) is 0 Å². The summed E-state index contributed by atoms with van der Waals surface area (Å²) in [6.07, 6.45) is 1.59. The van der Waals surface area contributed by atoms with Gasteiger partial charge in [0.2, 0.25) is 5.91 Å². The number of carboxylic acids is 1. The van der Waals surface area contributed by atoms with Gasteiger partial charge in [-0.3, -0.25) is 4.79 Å². The second-order valence-corrected chi connectivity index (χ2v) is 6.63. The summed E-state index contributed by atoms with van der Waals surface area (Å²) in [4.78, 5) is 25.4. The van der Waals surface area contributed by atoms with Crippen molar-refractivity contribution in [2.45, 2.75) is 46.1 Å². The minimum Gasteiger partial charge on any atom is -0.479 e. The molecule has 5 heteroatoms. The molecular formula is C13H23NO3S. The highest BCUT2D eigenvalue weighted by Gasteiger charge is 2.57. The smallest absolute Gasteiger partial charge is 0.331 e. The molecule has 1 rings (SSSR count). The molecule has 1 atom stereocenters. The van der Waals surface area contributed by atoms with Gasteiger partial charge in [-0.25, -0.2) is 4.79 Å². The molecule has 1 fully saturated rings. The zero-order chi connectivity index (χ0) is 14.0. The number of nitrogens with zero attached hydrogens (tertiary/aromatic N) is 1. The number of carboxylic acid groups (broad SMARTS) is 1. The number of rotatable bonds is 4. The van der Waals surface area contributed by atoms with Crippen LogP contribution in [0.5, 0.6) is 0 Å². The van der Waals surface area contributed by atoms with Crippen LogP contribution in [0, 0.1) is 5.41 Å². The standard InChI is InChI=1S/C13H23NO3S/c1-5-7-14(10(2)15)13(11(16)17)9-18-8-6-12(13,3)4/h5-9H2,1-4H3,(H,16,17). The predicted molar refractivity (Wildman–Crippen MR) is 73.8 cm³/mol. The molecule has 1 aliphatic heterocycles. The van der Waals surface area contributed by atoms with Crippen molar-refractivity contribution in [2.75, 3.05) is 18.1 Å². The van der Waals surface area contributed by atoms with E-state index in [2.05, 4.69) is 0 Å². The normalized spacial score (nSPS) is 26.7. The summed E-state index contributed by atoms with van der Waals surface area (Å²) in [5.41, 5.74) is -1.47. The number of thioether (sulfide) groups is 1. The van der Waals surface area contributed by atoms with Crippen molar-refractivity contribution in [3.8, 4) is 0 Å². The number of hydrogen-bond acceptors (Lipinski definition) is 3. The highest BCUT2D eigenvalue weighted by molar-refractivity contribution is 7.99. The Kier molecular flexibility index (Phi) is 4.70. The minimum absolute atomic E-state index is 0.144. The second kappa shape index (κ2) is 5.51. The molecule has 4 nitrogen and oxygen atoms in total. The van der Waals surface area contributed by atoms with Crippen molar-refractivity contribution in [1.82, 2.24) is 4.90 Å². The van der Waals surface area contributed by atoms with Crippen molar-refractivity contribution in [2.24, 2.45) is 5.41 Å². The quantitative estimate of drug-likeness (QED) is 0.853. The maximum Gasteiger partial charge on any atom is 0.331 e. The Morgan fingerprint density at radius 1 is 1.39 bits per heavy atom. The van der Waals surface area contributed by atoms with Crippen molar-refractivity contribution in [1.29, 1.82) is 0 Å². The van der Waals surface area contributed by atoms with E-state index in [4.69, 9.17) is 0 Å². The molecule has 0 aromatic heterocycles. The number of hydrogen-bond donors (Lipinski definition) is 1. The van der Waals surface area contributed by atoms with E-state index >= 15 is 0 Å². The molecule has 1 heterocycles. The molecule has 0 aliphatic carbocycles. The van der Waals surface area contributed by atoms with Crippen molar-refractivity contribution in [3.05, 3.63) is 0 Å². The third kappa shape index (κ3) is 2.37. The van der Waals surface area contributed by atoms with Gasteiger partial charge < -0.3 is 10.0 Å². The van der Waals surface area contributed by atoms with Crippen LogP contribution in [0.3, 0.4) is 0 Å². The first-order chi connectivity index (χ1) is 8.29. The van der Waals surface area contributed by atoms with E-state index in [9.17, 15) is 14.7 Å². The van der Waals surface area contributed by atoms with Crippen LogP contribution < -0.4 is 0 Å². The zero-order valence-corrected chi connectivity index (χ0v) is 12.5. The van der Waals surface area contributed by atoms with Gasteiger partial charge in [-0.1, -0.05) is 20.8 Å². The van der Waals surface area contributed by atoms with Crippen molar-refractivity contribution < 1.29 is 14.7 Å². The van der Waals surface area contributed by atoms with Crippen LogP contribution in [0.1, 0.15) is 40.5 Å². The summed E-state index contributed by atoms with van der Waals surface area (Å²) in [7, 11) is 0. The maximum atomic E-state index is 11.9. The Labute approximate surface area is 113 Å². The number of carbonyl (C=O) groups is 2. The van der Waals surface area contributed by atoms with Gasteiger partial charge in [0.05, 0.1) is 0 Å². The average Bonchev–Trinajstić information content (AvgIpc) is 2.25. The molecule has 1 aliphatic rings. The van der Waals surface area contributed by atoms with E-state index < -0.39 is 16.9 Å². The highest BCUT2D eigenvalue weighted by atomic mass is 32.2. The van der Waals surface area contributed by atoms with Crippen LogP contribution in [-0.2, 0) is 9.59 Å². The van der Waals surface area contributed by atoms with Crippen LogP contribution in [0.2, 0.25) is 0 Å². The average molecular weight is 273 g/mol. The molecule has 0 saturated carbocycles. The zero-order valence-electron chi connectivity index (χ0n) is 11.7. The summed E-state index contributed by atoms with van der Waals surface area (Å²) in [5, 5.41) is 9.76. The van der Waals surface area contributed by atoms with Crippen LogP contribution in [0.15, 0.2) is 0 Å². The van der Waals surface area contributed by atoms with E-state index in [1.807, 2.05) is 20.8 Å². The molecule has 0 aromatic rings. The fourth-order valence-corrected chi connectivity index (χ4v) is 4.46. The first kappa shape index (κ1) is 15.3. The summed E-state index contributed by atoms with van der Waals surface area (Å²) in [6.45, 7) is 7.87. The lowest BCUT2D eigenvalue weighted by molar-refractivity contribution is -0.166. The molecule has 104 valence electrons. The fraction of sp³-hybridized carbons (Fsp3) is 0.846. The second-order valence-electron chi connectivity index (χ2n) is 5.52. The maximum absolute atomic E-state index is 11.9. The molecule has 1 unspecified atom stereocenters. The van der Waals surface area contributed by atoms with Crippen LogP contribution in [0.25, 0.3) is 0 Å². The predicted octanol–water partition coefficient (Wildman–Crippen LogP) is 2.23. The van der Waals surface area contributed by atoms with E-state index in [1.165, 1.54) is 6.92 Å². The van der Waals surface area contributed by atoms with Gasteiger partial charge in [0, 0.05) is 24.6 Å². The Balaban J connectivity index is 3.27. The van der Waals surface area contributed by atoms with Gasteiger partial charge in [-0.05, 0) is 18.6 Å². The molecule has 0 spiro atoms. The van der Waals surface area contributed by atoms with Gasteiger partial charge in [0.1, 0.15) is 0 Å². The summed E-state index contributed by atoms with van der Waals surface area (Å²) in [6, 6.07) is 0. The summed E-state index contributed by atoms with van der Waals surface area (Å²) < 4.78 is 0. The summed E-state index contributed by atoms with van der Waals surface area (Å²) in [5.74, 6) is 0.424. The Hall–Kier alpha value is -0.710. The highest BCUT2D eigenvalue weighted by Crippen LogP contribution is 2.46. The van der Waals surface area contributed by atoms with E-state index in [-0.39, 0.29) is 5.91 Å². The topological polar surface area (TPSA) is 57.6 Å². The van der Waals surface area contributed by atoms with Gasteiger partial charge >= 0.3 is 5.97 Å². The van der Waals surface area contributed by atoms with E-state index in [0.29, 0.717) is 12.3 Å². The third-order valence-corrected chi connectivity index (χ3v) is 5.06. The molecule has 1 N–H and O–H groups in total. The SMILES string of the molecule is CCCN(C(C)=O)C1(C(=O)O)CSCCC1(C)C. The lowest BCUT2D eigenvalue weighted by Gasteiger charge is -2.52. The molecule has 1 amide bonds. The molecule has 1 saturated heterocycles. The Morgan fingerprint density at radius 3 is 2.39 bits per heavy atom. The third-order valence-electron chi connectivity index (χ3n) is 3.94. The van der Waals surface area contributed by atoms with E-state index in [1.54, 1.807) is 16.7 Å². The summed E-state index contributed by atoms with van der Waals surface area (Å²) >= 11 is 1.63. The largest absolute Gasteiger partial charge is 0.479 e. The first-order valence-electron chi connectivity index (χ1n) is 6.39. The lowest BCUT2D eigenvalue weighted by atomic mass is 9.69. The lowest BCUT2D eigenvalue weighted by Crippen LogP contribution is -2.67. The monoisotopic (exact) mass is 273 g/mol. The molecule has 0 bridgehead atoms. The fourth-order valence-electron chi connectivity index (χ4n) is 2.70. The Bertz CT molecular complexity index is 343. The van der Waals surface area contributed by atoms with E-state index in [0.717, 1.165) is 18.6 Å². The van der Waals surface area contributed by atoms with Gasteiger partial charge in [-0.15, -0.1) is 0 Å². The van der Waals surface area contributed by atoms with Crippen LogP contribution >= 0.6 is 11.8 Å².